The standard InChI is InChI=1S/C12H17N5O4/c1-17-6-7(4-14-17)10(11(19)20)16-12(21)15-8-2-3-9(18)13-5-8/h4,6,8,10H,2-3,5H2,1H3,(H,13,18)(H,19,20)(H2,15,16,21). The van der Waals surface area contributed by atoms with Crippen LogP contribution in [0.4, 0.5) is 4.79 Å². The zero-order valence-electron chi connectivity index (χ0n) is 11.5. The van der Waals surface area contributed by atoms with Gasteiger partial charge in [-0.15, -0.1) is 0 Å². The summed E-state index contributed by atoms with van der Waals surface area (Å²) in [5, 5.41) is 20.7. The third-order valence-electron chi connectivity index (χ3n) is 3.18. The van der Waals surface area contributed by atoms with Gasteiger partial charge in [-0.1, -0.05) is 0 Å². The molecule has 1 aliphatic rings. The van der Waals surface area contributed by atoms with Crippen LogP contribution in [0.15, 0.2) is 12.4 Å². The van der Waals surface area contributed by atoms with Crippen molar-refractivity contribution in [3.05, 3.63) is 18.0 Å². The molecule has 0 saturated carbocycles. The maximum Gasteiger partial charge on any atom is 0.331 e. The molecule has 9 nitrogen and oxygen atoms in total. The molecule has 3 amide bonds. The molecule has 1 aromatic rings. The highest BCUT2D eigenvalue weighted by molar-refractivity contribution is 5.84. The molecule has 2 heterocycles. The van der Waals surface area contributed by atoms with Gasteiger partial charge in [-0.3, -0.25) is 9.48 Å². The van der Waals surface area contributed by atoms with Gasteiger partial charge in [0.15, 0.2) is 6.04 Å². The first-order valence-corrected chi connectivity index (χ1v) is 6.51. The molecule has 9 heteroatoms. The van der Waals surface area contributed by atoms with Crippen LogP contribution in [0.3, 0.4) is 0 Å². The van der Waals surface area contributed by atoms with E-state index in [-0.39, 0.29) is 11.9 Å². The maximum atomic E-state index is 11.9. The summed E-state index contributed by atoms with van der Waals surface area (Å²) in [5.41, 5.74) is 0.386. The van der Waals surface area contributed by atoms with Crippen LogP contribution in [0, 0.1) is 0 Å². The molecule has 2 atom stereocenters. The highest BCUT2D eigenvalue weighted by Gasteiger charge is 2.25. The molecule has 114 valence electrons. The molecular formula is C12H17N5O4. The van der Waals surface area contributed by atoms with Gasteiger partial charge in [-0.05, 0) is 6.42 Å². The van der Waals surface area contributed by atoms with Crippen molar-refractivity contribution < 1.29 is 19.5 Å². The summed E-state index contributed by atoms with van der Waals surface area (Å²) in [7, 11) is 1.66. The molecular weight excluding hydrogens is 278 g/mol. The first-order chi connectivity index (χ1) is 9.95. The Kier molecular flexibility index (Phi) is 4.41. The summed E-state index contributed by atoms with van der Waals surface area (Å²) in [4.78, 5) is 34.1. The fourth-order valence-corrected chi connectivity index (χ4v) is 2.09. The summed E-state index contributed by atoms with van der Waals surface area (Å²) in [6.45, 7) is 0.344. The van der Waals surface area contributed by atoms with E-state index >= 15 is 0 Å². The second-order valence-corrected chi connectivity index (χ2v) is 4.88. The van der Waals surface area contributed by atoms with Gasteiger partial charge in [0.1, 0.15) is 0 Å². The van der Waals surface area contributed by atoms with Crippen LogP contribution in [-0.4, -0.2) is 45.4 Å². The lowest BCUT2D eigenvalue weighted by Gasteiger charge is -2.24. The minimum atomic E-state index is -1.17. The Morgan fingerprint density at radius 2 is 2.33 bits per heavy atom. The van der Waals surface area contributed by atoms with Gasteiger partial charge in [-0.2, -0.15) is 5.10 Å². The van der Waals surface area contributed by atoms with Gasteiger partial charge in [0.25, 0.3) is 0 Å². The number of aryl methyl sites for hydroxylation is 1. The molecule has 0 aromatic carbocycles. The molecule has 21 heavy (non-hydrogen) atoms. The van der Waals surface area contributed by atoms with Gasteiger partial charge in [0.2, 0.25) is 5.91 Å². The van der Waals surface area contributed by atoms with Gasteiger partial charge < -0.3 is 21.1 Å². The quantitative estimate of drug-likeness (QED) is 0.574. The van der Waals surface area contributed by atoms with Crippen LogP contribution in [0.25, 0.3) is 0 Å². The monoisotopic (exact) mass is 295 g/mol. The summed E-state index contributed by atoms with van der Waals surface area (Å²) in [6.07, 6.45) is 3.79. The highest BCUT2D eigenvalue weighted by atomic mass is 16.4. The van der Waals surface area contributed by atoms with Gasteiger partial charge >= 0.3 is 12.0 Å². The molecule has 1 aromatic heterocycles. The van der Waals surface area contributed by atoms with Crippen LogP contribution in [-0.2, 0) is 16.6 Å². The SMILES string of the molecule is Cn1cc(C(NC(=O)NC2CCC(=O)NC2)C(=O)O)cn1. The minimum Gasteiger partial charge on any atom is -0.479 e. The average Bonchev–Trinajstić information content (AvgIpc) is 2.85. The maximum absolute atomic E-state index is 11.9. The summed E-state index contributed by atoms with van der Waals surface area (Å²) in [6, 6.07) is -1.96. The van der Waals surface area contributed by atoms with Gasteiger partial charge in [0.05, 0.1) is 6.20 Å². The number of carbonyl (C=O) groups is 3. The summed E-state index contributed by atoms with van der Waals surface area (Å²) >= 11 is 0. The van der Waals surface area contributed by atoms with Crippen molar-refractivity contribution in [1.29, 1.82) is 0 Å². The highest BCUT2D eigenvalue weighted by Crippen LogP contribution is 2.12. The summed E-state index contributed by atoms with van der Waals surface area (Å²) < 4.78 is 1.46. The second kappa shape index (κ2) is 6.25. The number of carboxylic acid groups (broad SMARTS) is 1. The normalized spacial score (nSPS) is 19.5. The number of urea groups is 1. The molecule has 0 bridgehead atoms. The van der Waals surface area contributed by atoms with Crippen molar-refractivity contribution >= 4 is 17.9 Å². The smallest absolute Gasteiger partial charge is 0.331 e. The third kappa shape index (κ3) is 3.94. The van der Waals surface area contributed by atoms with Crippen molar-refractivity contribution in [1.82, 2.24) is 25.7 Å². The Bertz CT molecular complexity index is 546. The molecule has 4 N–H and O–H groups in total. The van der Waals surface area contributed by atoms with E-state index in [2.05, 4.69) is 21.0 Å². The lowest BCUT2D eigenvalue weighted by molar-refractivity contribution is -0.139. The third-order valence-corrected chi connectivity index (χ3v) is 3.18. The lowest BCUT2D eigenvalue weighted by Crippen LogP contribution is -2.51. The average molecular weight is 295 g/mol. The number of piperidine rings is 1. The van der Waals surface area contributed by atoms with E-state index in [4.69, 9.17) is 0 Å². The van der Waals surface area contributed by atoms with Gasteiger partial charge in [0, 0.05) is 37.8 Å². The predicted molar refractivity (Wildman–Crippen MR) is 71.3 cm³/mol. The van der Waals surface area contributed by atoms with Crippen molar-refractivity contribution in [2.75, 3.05) is 6.54 Å². The minimum absolute atomic E-state index is 0.0489. The largest absolute Gasteiger partial charge is 0.479 e. The number of nitrogens with one attached hydrogen (secondary N) is 3. The Morgan fingerprint density at radius 1 is 1.57 bits per heavy atom. The number of carbonyl (C=O) groups excluding carboxylic acids is 2. The van der Waals surface area contributed by atoms with Crippen LogP contribution < -0.4 is 16.0 Å². The molecule has 2 unspecified atom stereocenters. The van der Waals surface area contributed by atoms with E-state index in [0.29, 0.717) is 24.9 Å². The summed E-state index contributed by atoms with van der Waals surface area (Å²) in [5.74, 6) is -1.22. The fraction of sp³-hybridized carbons (Fsp3) is 0.500. The van der Waals surface area contributed by atoms with E-state index in [1.807, 2.05) is 0 Å². The first kappa shape index (κ1) is 14.8. The van der Waals surface area contributed by atoms with Crippen LogP contribution >= 0.6 is 0 Å². The van der Waals surface area contributed by atoms with E-state index in [1.54, 1.807) is 7.05 Å². The Balaban J connectivity index is 1.93. The van der Waals surface area contributed by atoms with Gasteiger partial charge in [-0.25, -0.2) is 9.59 Å². The van der Waals surface area contributed by atoms with Crippen molar-refractivity contribution in [3.63, 3.8) is 0 Å². The molecule has 2 rings (SSSR count). The zero-order chi connectivity index (χ0) is 15.4. The van der Waals surface area contributed by atoms with E-state index < -0.39 is 18.0 Å². The van der Waals surface area contributed by atoms with Crippen LogP contribution in [0.1, 0.15) is 24.4 Å². The van der Waals surface area contributed by atoms with Crippen LogP contribution in [0.2, 0.25) is 0 Å². The van der Waals surface area contributed by atoms with Crippen molar-refractivity contribution in [2.24, 2.45) is 7.05 Å². The molecule has 1 aliphatic heterocycles. The van der Waals surface area contributed by atoms with E-state index in [9.17, 15) is 19.5 Å². The topological polar surface area (TPSA) is 125 Å². The van der Waals surface area contributed by atoms with E-state index in [1.165, 1.54) is 17.1 Å². The van der Waals surface area contributed by atoms with E-state index in [0.717, 1.165) is 0 Å². The molecule has 1 saturated heterocycles. The number of rotatable bonds is 4. The predicted octanol–water partition coefficient (Wildman–Crippen LogP) is -0.876. The van der Waals surface area contributed by atoms with Crippen molar-refractivity contribution in [2.45, 2.75) is 24.9 Å². The second-order valence-electron chi connectivity index (χ2n) is 4.88. The fourth-order valence-electron chi connectivity index (χ4n) is 2.09. The first-order valence-electron chi connectivity index (χ1n) is 6.51. The number of carboxylic acids is 1. The Labute approximate surface area is 120 Å². The number of aromatic nitrogens is 2. The zero-order valence-corrected chi connectivity index (χ0v) is 11.5. The molecule has 0 spiro atoms. The number of amides is 3. The number of hydrogen-bond donors (Lipinski definition) is 4. The Morgan fingerprint density at radius 3 is 2.86 bits per heavy atom. The molecule has 0 radical (unpaired) electrons. The molecule has 0 aliphatic carbocycles. The lowest BCUT2D eigenvalue weighted by atomic mass is 10.1. The Hall–Kier alpha value is -2.58. The van der Waals surface area contributed by atoms with Crippen molar-refractivity contribution in [3.8, 4) is 0 Å². The van der Waals surface area contributed by atoms with Crippen LogP contribution in [0.5, 0.6) is 0 Å². The number of nitrogens with zero attached hydrogens (tertiary/aromatic N) is 2. The number of hydrogen-bond acceptors (Lipinski definition) is 4. The molecule has 1 fully saturated rings. The number of aliphatic carboxylic acids is 1.